The Labute approximate surface area is 112 Å². The SMILES string of the molecule is C=C(C)C(=O)OC(CC)c1nc2ccc(C)cc2[nH]1. The number of nitrogens with one attached hydrogen (secondary N) is 1. The summed E-state index contributed by atoms with van der Waals surface area (Å²) in [6.07, 6.45) is 0.301. The van der Waals surface area contributed by atoms with E-state index in [4.69, 9.17) is 4.74 Å². The van der Waals surface area contributed by atoms with Gasteiger partial charge in [0.15, 0.2) is 6.10 Å². The van der Waals surface area contributed by atoms with Crippen LogP contribution in [0.1, 0.15) is 37.8 Å². The Balaban J connectivity index is 2.30. The van der Waals surface area contributed by atoms with Crippen LogP contribution in [-0.2, 0) is 9.53 Å². The molecule has 1 aromatic carbocycles. The minimum absolute atomic E-state index is 0.364. The van der Waals surface area contributed by atoms with E-state index in [2.05, 4.69) is 16.5 Å². The molecule has 4 heteroatoms. The summed E-state index contributed by atoms with van der Waals surface area (Å²) in [6, 6.07) is 5.99. The number of imidazole rings is 1. The summed E-state index contributed by atoms with van der Waals surface area (Å²) in [5, 5.41) is 0. The van der Waals surface area contributed by atoms with Crippen molar-refractivity contribution in [3.63, 3.8) is 0 Å². The topological polar surface area (TPSA) is 55.0 Å². The van der Waals surface area contributed by atoms with Gasteiger partial charge in [-0.15, -0.1) is 0 Å². The Morgan fingerprint density at radius 2 is 2.26 bits per heavy atom. The Morgan fingerprint density at radius 1 is 1.53 bits per heavy atom. The first-order chi connectivity index (χ1) is 9.01. The number of aromatic amines is 1. The number of rotatable bonds is 4. The van der Waals surface area contributed by atoms with Crippen LogP contribution < -0.4 is 0 Å². The molecule has 4 nitrogen and oxygen atoms in total. The van der Waals surface area contributed by atoms with Gasteiger partial charge in [-0.1, -0.05) is 19.6 Å². The Kier molecular flexibility index (Phi) is 3.69. The van der Waals surface area contributed by atoms with E-state index in [1.165, 1.54) is 0 Å². The average Bonchev–Trinajstić information content (AvgIpc) is 2.77. The molecule has 0 saturated heterocycles. The van der Waals surface area contributed by atoms with E-state index >= 15 is 0 Å². The molecule has 1 atom stereocenters. The van der Waals surface area contributed by atoms with Crippen LogP contribution in [0.3, 0.4) is 0 Å². The molecular formula is C15H18N2O2. The number of benzene rings is 1. The summed E-state index contributed by atoms with van der Waals surface area (Å²) in [6.45, 7) is 9.20. The van der Waals surface area contributed by atoms with Crippen molar-refractivity contribution in [3.05, 3.63) is 41.7 Å². The van der Waals surface area contributed by atoms with Crippen LogP contribution in [0.5, 0.6) is 0 Å². The molecule has 1 heterocycles. The highest BCUT2D eigenvalue weighted by Crippen LogP contribution is 2.23. The lowest BCUT2D eigenvalue weighted by atomic mass is 10.2. The highest BCUT2D eigenvalue weighted by Gasteiger charge is 2.18. The third-order valence-corrected chi connectivity index (χ3v) is 2.93. The zero-order valence-corrected chi connectivity index (χ0v) is 11.5. The quantitative estimate of drug-likeness (QED) is 0.675. The van der Waals surface area contributed by atoms with Crippen molar-refractivity contribution in [2.45, 2.75) is 33.3 Å². The molecule has 0 radical (unpaired) electrons. The van der Waals surface area contributed by atoms with E-state index in [9.17, 15) is 4.79 Å². The number of hydrogen-bond acceptors (Lipinski definition) is 3. The fraction of sp³-hybridized carbons (Fsp3) is 0.333. The number of ether oxygens (including phenoxy) is 1. The van der Waals surface area contributed by atoms with Gasteiger partial charge >= 0.3 is 5.97 Å². The molecule has 0 amide bonds. The standard InChI is InChI=1S/C15H18N2O2/c1-5-13(19-15(18)9(2)3)14-16-11-7-6-10(4)8-12(11)17-14/h6-8,13H,2,5H2,1,3-4H3,(H,16,17). The van der Waals surface area contributed by atoms with Crippen molar-refractivity contribution in [1.29, 1.82) is 0 Å². The van der Waals surface area contributed by atoms with Gasteiger partial charge < -0.3 is 9.72 Å². The van der Waals surface area contributed by atoms with Crippen LogP contribution in [0.15, 0.2) is 30.4 Å². The number of hydrogen-bond donors (Lipinski definition) is 1. The molecule has 2 rings (SSSR count). The van der Waals surface area contributed by atoms with Gasteiger partial charge in [0.2, 0.25) is 0 Å². The number of esters is 1. The van der Waals surface area contributed by atoms with Gasteiger partial charge in [0.1, 0.15) is 5.82 Å². The van der Waals surface area contributed by atoms with Crippen molar-refractivity contribution in [2.24, 2.45) is 0 Å². The number of aromatic nitrogens is 2. The van der Waals surface area contributed by atoms with Gasteiger partial charge in [-0.05, 0) is 38.0 Å². The molecule has 1 aromatic heterocycles. The third kappa shape index (κ3) is 2.84. The first-order valence-corrected chi connectivity index (χ1v) is 6.34. The van der Waals surface area contributed by atoms with Gasteiger partial charge in [0.05, 0.1) is 11.0 Å². The van der Waals surface area contributed by atoms with E-state index in [0.717, 1.165) is 16.6 Å². The maximum Gasteiger partial charge on any atom is 0.333 e. The second-order valence-corrected chi connectivity index (χ2v) is 4.73. The molecule has 0 aliphatic carbocycles. The normalized spacial score (nSPS) is 12.4. The molecule has 19 heavy (non-hydrogen) atoms. The van der Waals surface area contributed by atoms with E-state index in [0.29, 0.717) is 17.8 Å². The second kappa shape index (κ2) is 5.26. The van der Waals surface area contributed by atoms with Crippen LogP contribution in [0.4, 0.5) is 0 Å². The summed E-state index contributed by atoms with van der Waals surface area (Å²) < 4.78 is 5.37. The molecule has 1 N–H and O–H groups in total. The van der Waals surface area contributed by atoms with Crippen LogP contribution in [0, 0.1) is 6.92 Å². The summed E-state index contributed by atoms with van der Waals surface area (Å²) in [7, 11) is 0. The van der Waals surface area contributed by atoms with E-state index in [1.807, 2.05) is 32.0 Å². The van der Waals surface area contributed by atoms with Crippen molar-refractivity contribution < 1.29 is 9.53 Å². The Morgan fingerprint density at radius 3 is 2.89 bits per heavy atom. The largest absolute Gasteiger partial charge is 0.451 e. The smallest absolute Gasteiger partial charge is 0.333 e. The lowest BCUT2D eigenvalue weighted by molar-refractivity contribution is -0.145. The predicted molar refractivity (Wildman–Crippen MR) is 74.8 cm³/mol. The summed E-state index contributed by atoms with van der Waals surface area (Å²) in [5.74, 6) is 0.293. The van der Waals surface area contributed by atoms with Gasteiger partial charge in [0, 0.05) is 5.57 Å². The van der Waals surface area contributed by atoms with E-state index in [-0.39, 0.29) is 12.1 Å². The van der Waals surface area contributed by atoms with E-state index < -0.39 is 0 Å². The van der Waals surface area contributed by atoms with Crippen LogP contribution in [0.25, 0.3) is 11.0 Å². The van der Waals surface area contributed by atoms with Gasteiger partial charge in [-0.25, -0.2) is 9.78 Å². The molecule has 0 spiro atoms. The maximum atomic E-state index is 11.6. The maximum absolute atomic E-state index is 11.6. The Bertz CT molecular complexity index is 628. The number of H-pyrrole nitrogens is 1. The molecule has 1 unspecified atom stereocenters. The second-order valence-electron chi connectivity index (χ2n) is 4.73. The first kappa shape index (κ1) is 13.3. The van der Waals surface area contributed by atoms with E-state index in [1.54, 1.807) is 6.92 Å². The van der Waals surface area contributed by atoms with Crippen molar-refractivity contribution in [3.8, 4) is 0 Å². The lowest BCUT2D eigenvalue weighted by Gasteiger charge is -2.13. The predicted octanol–water partition coefficient (Wildman–Crippen LogP) is 3.44. The summed E-state index contributed by atoms with van der Waals surface area (Å²) in [4.78, 5) is 19.3. The zero-order chi connectivity index (χ0) is 14.0. The number of nitrogens with zero attached hydrogens (tertiary/aromatic N) is 1. The zero-order valence-electron chi connectivity index (χ0n) is 11.5. The molecule has 2 aromatic rings. The fourth-order valence-electron chi connectivity index (χ4n) is 1.86. The highest BCUT2D eigenvalue weighted by molar-refractivity contribution is 5.87. The average molecular weight is 258 g/mol. The molecule has 0 saturated carbocycles. The third-order valence-electron chi connectivity index (χ3n) is 2.93. The molecular weight excluding hydrogens is 240 g/mol. The minimum Gasteiger partial charge on any atom is -0.451 e. The molecule has 0 aliphatic rings. The summed E-state index contributed by atoms with van der Waals surface area (Å²) >= 11 is 0. The van der Waals surface area contributed by atoms with Crippen molar-refractivity contribution in [2.75, 3.05) is 0 Å². The minimum atomic E-state index is -0.386. The Hall–Kier alpha value is -2.10. The molecule has 0 aliphatic heterocycles. The molecule has 0 bridgehead atoms. The van der Waals surface area contributed by atoms with Crippen LogP contribution in [0.2, 0.25) is 0 Å². The summed E-state index contributed by atoms with van der Waals surface area (Å²) in [5.41, 5.74) is 3.39. The molecule has 100 valence electrons. The van der Waals surface area contributed by atoms with Crippen molar-refractivity contribution >= 4 is 17.0 Å². The molecule has 0 fully saturated rings. The number of carbonyl (C=O) groups is 1. The van der Waals surface area contributed by atoms with Gasteiger partial charge in [-0.2, -0.15) is 0 Å². The number of fused-ring (bicyclic) bond motifs is 1. The van der Waals surface area contributed by atoms with Crippen LogP contribution in [-0.4, -0.2) is 15.9 Å². The first-order valence-electron chi connectivity index (χ1n) is 6.34. The van der Waals surface area contributed by atoms with Gasteiger partial charge in [-0.3, -0.25) is 0 Å². The number of aryl methyl sites for hydroxylation is 1. The highest BCUT2D eigenvalue weighted by atomic mass is 16.5. The number of carbonyl (C=O) groups excluding carboxylic acids is 1. The van der Waals surface area contributed by atoms with Gasteiger partial charge in [0.25, 0.3) is 0 Å². The monoisotopic (exact) mass is 258 g/mol. The lowest BCUT2D eigenvalue weighted by Crippen LogP contribution is -2.12. The van der Waals surface area contributed by atoms with Crippen molar-refractivity contribution in [1.82, 2.24) is 9.97 Å². The fourth-order valence-corrected chi connectivity index (χ4v) is 1.86. The van der Waals surface area contributed by atoms with Crippen LogP contribution >= 0.6 is 0 Å².